The number of allylic oxidation sites excluding steroid dienone is 2. The lowest BCUT2D eigenvalue weighted by Gasteiger charge is -2.23. The van der Waals surface area contributed by atoms with Gasteiger partial charge in [-0.25, -0.2) is 4.79 Å². The van der Waals surface area contributed by atoms with Crippen LogP contribution in [0.3, 0.4) is 0 Å². The van der Waals surface area contributed by atoms with E-state index in [1.165, 1.54) is 6.92 Å². The first kappa shape index (κ1) is 16.5. The second-order valence-corrected chi connectivity index (χ2v) is 5.88. The predicted molar refractivity (Wildman–Crippen MR) is 80.8 cm³/mol. The summed E-state index contributed by atoms with van der Waals surface area (Å²) in [5, 5.41) is 10.4. The van der Waals surface area contributed by atoms with E-state index in [1.807, 2.05) is 13.0 Å². The average Bonchev–Trinajstić information content (AvgIpc) is 2.70. The van der Waals surface area contributed by atoms with Crippen molar-refractivity contribution < 1.29 is 24.2 Å². The molecule has 1 heterocycles. The summed E-state index contributed by atoms with van der Waals surface area (Å²) >= 11 is 0. The fourth-order valence-electron chi connectivity index (χ4n) is 2.88. The first-order valence-electron chi connectivity index (χ1n) is 7.45. The van der Waals surface area contributed by atoms with Gasteiger partial charge in [0.05, 0.1) is 12.0 Å². The van der Waals surface area contributed by atoms with Gasteiger partial charge in [0.25, 0.3) is 0 Å². The largest absolute Gasteiger partial charge is 0.461 e. The summed E-state index contributed by atoms with van der Waals surface area (Å²) in [5.74, 6) is -1.27. The highest BCUT2D eigenvalue weighted by Gasteiger charge is 2.42. The van der Waals surface area contributed by atoms with E-state index >= 15 is 0 Å². The van der Waals surface area contributed by atoms with E-state index in [4.69, 9.17) is 9.47 Å². The quantitative estimate of drug-likeness (QED) is 0.480. The molecule has 22 heavy (non-hydrogen) atoms. The Morgan fingerprint density at radius 3 is 2.95 bits per heavy atom. The molecular formula is C17H22O5. The minimum absolute atomic E-state index is 0.182. The molecule has 1 fully saturated rings. The van der Waals surface area contributed by atoms with Gasteiger partial charge < -0.3 is 14.6 Å². The predicted octanol–water partition coefficient (Wildman–Crippen LogP) is 2.06. The molecule has 1 saturated heterocycles. The highest BCUT2D eigenvalue weighted by Crippen LogP contribution is 2.35. The molecule has 1 N–H and O–H groups in total. The molecule has 0 aromatic rings. The summed E-state index contributed by atoms with van der Waals surface area (Å²) in [5.41, 5.74) is 2.24. The van der Waals surface area contributed by atoms with Crippen molar-refractivity contribution >= 4 is 11.9 Å². The summed E-state index contributed by atoms with van der Waals surface area (Å²) in [6.07, 6.45) is 4.56. The van der Waals surface area contributed by atoms with E-state index < -0.39 is 24.1 Å². The standard InChI is InChI=1S/C17H22O5/c1-10-5-4-6-13(9-21-12(3)18)8-15-16(14(19)7-10)11(2)17(20)22-15/h6-7,14-16,19H,2,4-5,8-9H2,1,3H3. The molecule has 1 aliphatic carbocycles. The van der Waals surface area contributed by atoms with E-state index in [9.17, 15) is 14.7 Å². The molecule has 0 aromatic carbocycles. The van der Waals surface area contributed by atoms with Crippen molar-refractivity contribution in [2.24, 2.45) is 5.92 Å². The first-order chi connectivity index (χ1) is 10.4. The van der Waals surface area contributed by atoms with Gasteiger partial charge in [-0.15, -0.1) is 0 Å². The molecule has 0 spiro atoms. The van der Waals surface area contributed by atoms with Gasteiger partial charge in [-0.2, -0.15) is 0 Å². The van der Waals surface area contributed by atoms with Crippen LogP contribution in [-0.2, 0) is 19.1 Å². The summed E-state index contributed by atoms with van der Waals surface area (Å²) in [7, 11) is 0. The molecule has 0 amide bonds. The lowest BCUT2D eigenvalue weighted by molar-refractivity contribution is -0.141. The molecule has 0 radical (unpaired) electrons. The van der Waals surface area contributed by atoms with Crippen molar-refractivity contribution in [3.8, 4) is 0 Å². The van der Waals surface area contributed by atoms with Crippen molar-refractivity contribution in [1.82, 2.24) is 0 Å². The minimum atomic E-state index is -0.794. The number of hydrogen-bond acceptors (Lipinski definition) is 5. The van der Waals surface area contributed by atoms with E-state index in [0.29, 0.717) is 12.0 Å². The van der Waals surface area contributed by atoms with Crippen LogP contribution in [0.2, 0.25) is 0 Å². The maximum atomic E-state index is 11.8. The molecule has 3 unspecified atom stereocenters. The third kappa shape index (κ3) is 3.85. The number of fused-ring (bicyclic) bond motifs is 1. The van der Waals surface area contributed by atoms with Crippen LogP contribution in [0.5, 0.6) is 0 Å². The van der Waals surface area contributed by atoms with E-state index in [0.717, 1.165) is 24.0 Å². The molecule has 2 aliphatic rings. The fraction of sp³-hybridized carbons (Fsp3) is 0.529. The maximum absolute atomic E-state index is 11.8. The lowest BCUT2D eigenvalue weighted by Crippen LogP contribution is -2.29. The Balaban J connectivity index is 2.24. The molecule has 120 valence electrons. The topological polar surface area (TPSA) is 72.8 Å². The van der Waals surface area contributed by atoms with Crippen molar-refractivity contribution in [3.05, 3.63) is 35.5 Å². The number of ether oxygens (including phenoxy) is 2. The normalized spacial score (nSPS) is 29.1. The first-order valence-corrected chi connectivity index (χ1v) is 7.45. The highest BCUT2D eigenvalue weighted by atomic mass is 16.6. The number of hydrogen-bond donors (Lipinski definition) is 1. The smallest absolute Gasteiger partial charge is 0.334 e. The Kier molecular flexibility index (Phi) is 5.19. The van der Waals surface area contributed by atoms with Crippen LogP contribution >= 0.6 is 0 Å². The van der Waals surface area contributed by atoms with Gasteiger partial charge in [-0.3, -0.25) is 4.79 Å². The molecule has 0 saturated carbocycles. The summed E-state index contributed by atoms with van der Waals surface area (Å²) in [6.45, 7) is 7.24. The number of aliphatic hydroxyl groups is 1. The van der Waals surface area contributed by atoms with Crippen LogP contribution in [0.15, 0.2) is 35.5 Å². The van der Waals surface area contributed by atoms with Crippen LogP contribution in [-0.4, -0.2) is 35.9 Å². The zero-order chi connectivity index (χ0) is 16.3. The Labute approximate surface area is 130 Å². The Morgan fingerprint density at radius 1 is 1.55 bits per heavy atom. The zero-order valence-electron chi connectivity index (χ0n) is 13.0. The summed E-state index contributed by atoms with van der Waals surface area (Å²) < 4.78 is 10.4. The molecular weight excluding hydrogens is 284 g/mol. The number of esters is 2. The lowest BCUT2D eigenvalue weighted by atomic mass is 9.85. The van der Waals surface area contributed by atoms with Gasteiger partial charge in [0.1, 0.15) is 12.7 Å². The van der Waals surface area contributed by atoms with Gasteiger partial charge >= 0.3 is 11.9 Å². The second kappa shape index (κ2) is 6.92. The Hall–Kier alpha value is -1.88. The van der Waals surface area contributed by atoms with Gasteiger partial charge in [0, 0.05) is 18.9 Å². The van der Waals surface area contributed by atoms with Crippen LogP contribution in [0.25, 0.3) is 0 Å². The van der Waals surface area contributed by atoms with E-state index in [1.54, 1.807) is 6.08 Å². The van der Waals surface area contributed by atoms with Gasteiger partial charge in [-0.05, 0) is 25.3 Å². The SMILES string of the molecule is C=C1C(=O)OC2CC(COC(C)=O)=CCCC(C)=CC(O)C12. The third-order valence-corrected chi connectivity index (χ3v) is 4.04. The van der Waals surface area contributed by atoms with Crippen LogP contribution in [0.1, 0.15) is 33.1 Å². The zero-order valence-corrected chi connectivity index (χ0v) is 13.0. The summed E-state index contributed by atoms with van der Waals surface area (Å²) in [6, 6.07) is 0. The average molecular weight is 306 g/mol. The van der Waals surface area contributed by atoms with Crippen LogP contribution < -0.4 is 0 Å². The minimum Gasteiger partial charge on any atom is -0.461 e. The number of rotatable bonds is 2. The molecule has 5 nitrogen and oxygen atoms in total. The Bertz CT molecular complexity index is 543. The van der Waals surface area contributed by atoms with Gasteiger partial charge in [0.15, 0.2) is 0 Å². The number of carbonyl (C=O) groups excluding carboxylic acids is 2. The molecule has 0 bridgehead atoms. The molecule has 3 atom stereocenters. The van der Waals surface area contributed by atoms with Crippen LogP contribution in [0.4, 0.5) is 0 Å². The monoisotopic (exact) mass is 306 g/mol. The number of aliphatic hydroxyl groups excluding tert-OH is 1. The van der Waals surface area contributed by atoms with Gasteiger partial charge in [-0.1, -0.05) is 24.3 Å². The van der Waals surface area contributed by atoms with E-state index in [2.05, 4.69) is 6.58 Å². The molecule has 0 aromatic heterocycles. The maximum Gasteiger partial charge on any atom is 0.334 e. The van der Waals surface area contributed by atoms with Crippen molar-refractivity contribution in [2.45, 2.75) is 45.3 Å². The van der Waals surface area contributed by atoms with Crippen LogP contribution in [0, 0.1) is 5.92 Å². The highest BCUT2D eigenvalue weighted by molar-refractivity contribution is 5.91. The molecule has 2 rings (SSSR count). The van der Waals surface area contributed by atoms with Crippen molar-refractivity contribution in [1.29, 1.82) is 0 Å². The Morgan fingerprint density at radius 2 is 2.27 bits per heavy atom. The second-order valence-electron chi connectivity index (χ2n) is 5.88. The van der Waals surface area contributed by atoms with Crippen molar-refractivity contribution in [3.63, 3.8) is 0 Å². The molecule has 5 heteroatoms. The van der Waals surface area contributed by atoms with Gasteiger partial charge in [0.2, 0.25) is 0 Å². The van der Waals surface area contributed by atoms with E-state index in [-0.39, 0.29) is 12.6 Å². The fourth-order valence-corrected chi connectivity index (χ4v) is 2.88. The third-order valence-electron chi connectivity index (χ3n) is 4.04. The summed E-state index contributed by atoms with van der Waals surface area (Å²) in [4.78, 5) is 22.8. The van der Waals surface area contributed by atoms with Crippen molar-refractivity contribution in [2.75, 3.05) is 6.61 Å². The number of carbonyl (C=O) groups is 2. The molecule has 1 aliphatic heterocycles.